The lowest BCUT2D eigenvalue weighted by Crippen LogP contribution is -2.27. The summed E-state index contributed by atoms with van der Waals surface area (Å²) >= 11 is 1.63. The van der Waals surface area contributed by atoms with E-state index in [1.165, 1.54) is 11.6 Å². The highest BCUT2D eigenvalue weighted by Crippen LogP contribution is 2.32. The first-order chi connectivity index (χ1) is 15.0. The van der Waals surface area contributed by atoms with Gasteiger partial charge in [0.2, 0.25) is 0 Å². The molecule has 0 atom stereocenters. The molecule has 31 heavy (non-hydrogen) atoms. The number of carbonyl (C=O) groups excluding carboxylic acids is 1. The molecule has 0 saturated heterocycles. The number of nitrogens with zero attached hydrogens (tertiary/aromatic N) is 1. The van der Waals surface area contributed by atoms with Crippen molar-refractivity contribution >= 4 is 28.6 Å². The van der Waals surface area contributed by atoms with Crippen LogP contribution in [0.4, 0.5) is 4.39 Å². The quantitative estimate of drug-likeness (QED) is 0.357. The van der Waals surface area contributed by atoms with Crippen LogP contribution in [-0.4, -0.2) is 17.0 Å². The summed E-state index contributed by atoms with van der Waals surface area (Å²) in [7, 11) is 0. The number of nitrogens with one attached hydrogen (secondary N) is 1. The molecule has 1 N–H and O–H groups in total. The molecule has 0 saturated carbocycles. The molecule has 0 bridgehead atoms. The molecule has 0 spiro atoms. The first kappa shape index (κ1) is 21.2. The molecule has 5 heteroatoms. The molecule has 0 fully saturated rings. The smallest absolute Gasteiger partial charge is 0.251 e. The Balaban J connectivity index is 1.45. The van der Waals surface area contributed by atoms with Crippen molar-refractivity contribution in [1.29, 1.82) is 0 Å². The summed E-state index contributed by atoms with van der Waals surface area (Å²) < 4.78 is 16.1. The van der Waals surface area contributed by atoms with Crippen LogP contribution in [0, 0.1) is 19.7 Å². The molecule has 3 aromatic carbocycles. The van der Waals surface area contributed by atoms with Gasteiger partial charge in [0, 0.05) is 46.4 Å². The number of carbonyl (C=O) groups is 1. The van der Waals surface area contributed by atoms with E-state index in [1.807, 2.05) is 56.3 Å². The molecule has 158 valence electrons. The molecule has 1 heterocycles. The normalized spacial score (nSPS) is 11.1. The minimum atomic E-state index is -0.173. The van der Waals surface area contributed by atoms with Crippen molar-refractivity contribution in [1.82, 2.24) is 9.88 Å². The molecule has 4 rings (SSSR count). The number of amides is 1. The first-order valence-corrected chi connectivity index (χ1v) is 11.3. The lowest BCUT2D eigenvalue weighted by atomic mass is 10.1. The molecule has 0 aliphatic carbocycles. The number of hydrogen-bond acceptors (Lipinski definition) is 2. The van der Waals surface area contributed by atoms with Crippen molar-refractivity contribution < 1.29 is 9.18 Å². The Bertz CT molecular complexity index is 1230. The highest BCUT2D eigenvalue weighted by atomic mass is 32.2. The number of thioether (sulfide) groups is 1. The zero-order valence-corrected chi connectivity index (χ0v) is 18.5. The standard InChI is InChI=1S/C26H25FN2OS/c1-18-11-12-20(15-19(18)2)26(30)28-13-14-29-16-25(22-8-4-6-10-24(22)29)31-17-21-7-3-5-9-23(21)27/h3-12,15-16H,13-14,17H2,1-2H3,(H,28,30). The van der Waals surface area contributed by atoms with Crippen LogP contribution in [0.2, 0.25) is 0 Å². The van der Waals surface area contributed by atoms with Crippen LogP contribution in [0.3, 0.4) is 0 Å². The third-order valence-corrected chi connectivity index (χ3v) is 6.59. The minimum Gasteiger partial charge on any atom is -0.350 e. The third kappa shape index (κ3) is 4.83. The van der Waals surface area contributed by atoms with Crippen LogP contribution in [-0.2, 0) is 12.3 Å². The number of fused-ring (bicyclic) bond motifs is 1. The van der Waals surface area contributed by atoms with Crippen LogP contribution < -0.4 is 5.32 Å². The zero-order valence-electron chi connectivity index (χ0n) is 17.7. The second kappa shape index (κ2) is 9.40. The van der Waals surface area contributed by atoms with Crippen LogP contribution in [0.1, 0.15) is 27.0 Å². The fraction of sp³-hybridized carbons (Fsp3) is 0.192. The molecule has 3 nitrogen and oxygen atoms in total. The number of aryl methyl sites for hydroxylation is 2. The number of halogens is 1. The fourth-order valence-corrected chi connectivity index (χ4v) is 4.63. The predicted molar refractivity (Wildman–Crippen MR) is 126 cm³/mol. The van der Waals surface area contributed by atoms with Gasteiger partial charge in [-0.2, -0.15) is 0 Å². The van der Waals surface area contributed by atoms with Gasteiger partial charge in [0.25, 0.3) is 5.91 Å². The van der Waals surface area contributed by atoms with Crippen LogP contribution in [0.15, 0.2) is 77.8 Å². The summed E-state index contributed by atoms with van der Waals surface area (Å²) in [6.45, 7) is 5.24. The van der Waals surface area contributed by atoms with Gasteiger partial charge < -0.3 is 9.88 Å². The number of benzene rings is 3. The van der Waals surface area contributed by atoms with Gasteiger partial charge in [0.1, 0.15) is 5.82 Å². The van der Waals surface area contributed by atoms with E-state index in [1.54, 1.807) is 17.8 Å². The number of rotatable bonds is 7. The maximum Gasteiger partial charge on any atom is 0.251 e. The monoisotopic (exact) mass is 432 g/mol. The van der Waals surface area contributed by atoms with E-state index in [-0.39, 0.29) is 11.7 Å². The second-order valence-electron chi connectivity index (χ2n) is 7.64. The lowest BCUT2D eigenvalue weighted by molar-refractivity contribution is 0.0952. The van der Waals surface area contributed by atoms with Gasteiger partial charge in [-0.25, -0.2) is 4.39 Å². The van der Waals surface area contributed by atoms with Gasteiger partial charge in [0.05, 0.1) is 0 Å². The van der Waals surface area contributed by atoms with E-state index >= 15 is 0 Å². The lowest BCUT2D eigenvalue weighted by Gasteiger charge is -2.09. The Kier molecular flexibility index (Phi) is 6.42. The maximum atomic E-state index is 14.0. The first-order valence-electron chi connectivity index (χ1n) is 10.3. The van der Waals surface area contributed by atoms with Gasteiger partial charge in [0.15, 0.2) is 0 Å². The predicted octanol–water partition coefficient (Wildman–Crippen LogP) is 6.12. The SMILES string of the molecule is Cc1ccc(C(=O)NCCn2cc(SCc3ccccc3F)c3ccccc32)cc1C. The van der Waals surface area contributed by atoms with Gasteiger partial charge in [-0.1, -0.05) is 42.5 Å². The van der Waals surface area contributed by atoms with Gasteiger partial charge in [-0.15, -0.1) is 11.8 Å². The summed E-state index contributed by atoms with van der Waals surface area (Å²) in [6, 6.07) is 20.8. The zero-order chi connectivity index (χ0) is 21.8. The average molecular weight is 433 g/mol. The number of para-hydroxylation sites is 1. The molecule has 1 amide bonds. The Morgan fingerprint density at radius 2 is 1.77 bits per heavy atom. The van der Waals surface area contributed by atoms with Crippen molar-refractivity contribution in [2.45, 2.75) is 31.0 Å². The van der Waals surface area contributed by atoms with Gasteiger partial charge in [-0.05, 0) is 54.8 Å². The van der Waals surface area contributed by atoms with E-state index in [4.69, 9.17) is 0 Å². The summed E-state index contributed by atoms with van der Waals surface area (Å²) in [5.41, 5.74) is 4.78. The van der Waals surface area contributed by atoms with Crippen molar-refractivity contribution in [2.75, 3.05) is 6.54 Å². The molecule has 4 aromatic rings. The topological polar surface area (TPSA) is 34.0 Å². The van der Waals surface area contributed by atoms with Crippen LogP contribution in [0.25, 0.3) is 10.9 Å². The summed E-state index contributed by atoms with van der Waals surface area (Å²) in [4.78, 5) is 13.6. The number of aromatic nitrogens is 1. The van der Waals surface area contributed by atoms with E-state index in [2.05, 4.69) is 28.2 Å². The van der Waals surface area contributed by atoms with Gasteiger partial charge in [-0.3, -0.25) is 4.79 Å². The van der Waals surface area contributed by atoms with E-state index in [0.717, 1.165) is 21.4 Å². The fourth-order valence-electron chi connectivity index (χ4n) is 3.56. The highest BCUT2D eigenvalue weighted by Gasteiger charge is 2.11. The van der Waals surface area contributed by atoms with E-state index in [0.29, 0.717) is 30.0 Å². The van der Waals surface area contributed by atoms with Crippen molar-refractivity contribution in [3.8, 4) is 0 Å². The minimum absolute atomic E-state index is 0.0614. The largest absolute Gasteiger partial charge is 0.350 e. The summed E-state index contributed by atoms with van der Waals surface area (Å²) in [5, 5.41) is 4.16. The molecule has 0 radical (unpaired) electrons. The molecule has 1 aromatic heterocycles. The highest BCUT2D eigenvalue weighted by molar-refractivity contribution is 7.98. The average Bonchev–Trinajstić information content (AvgIpc) is 3.13. The second-order valence-corrected chi connectivity index (χ2v) is 8.66. The van der Waals surface area contributed by atoms with Crippen molar-refractivity contribution in [2.24, 2.45) is 0 Å². The molecule has 0 aliphatic rings. The number of hydrogen-bond donors (Lipinski definition) is 1. The van der Waals surface area contributed by atoms with Gasteiger partial charge >= 0.3 is 0 Å². The Morgan fingerprint density at radius 3 is 2.58 bits per heavy atom. The van der Waals surface area contributed by atoms with Crippen molar-refractivity contribution in [3.63, 3.8) is 0 Å². The molecular formula is C26H25FN2OS. The molecule has 0 unspecified atom stereocenters. The Labute approximate surface area is 186 Å². The van der Waals surface area contributed by atoms with E-state index < -0.39 is 0 Å². The third-order valence-electron chi connectivity index (χ3n) is 5.50. The molecular weight excluding hydrogens is 407 g/mol. The Hall–Kier alpha value is -3.05. The van der Waals surface area contributed by atoms with Crippen LogP contribution in [0.5, 0.6) is 0 Å². The Morgan fingerprint density at radius 1 is 1.00 bits per heavy atom. The maximum absolute atomic E-state index is 14.0. The summed E-state index contributed by atoms with van der Waals surface area (Å²) in [5.74, 6) is 0.339. The molecule has 0 aliphatic heterocycles. The van der Waals surface area contributed by atoms with Crippen molar-refractivity contribution in [3.05, 3.63) is 101 Å². The summed E-state index contributed by atoms with van der Waals surface area (Å²) in [6.07, 6.45) is 2.10. The van der Waals surface area contributed by atoms with E-state index in [9.17, 15) is 9.18 Å². The van der Waals surface area contributed by atoms with Crippen LogP contribution >= 0.6 is 11.8 Å².